The fraction of sp³-hybridized carbons (Fsp3) is 0.667. The summed E-state index contributed by atoms with van der Waals surface area (Å²) in [5.74, 6) is -0.0195. The van der Waals surface area contributed by atoms with Crippen LogP contribution in [0.1, 0.15) is 35.3 Å². The highest BCUT2D eigenvalue weighted by Gasteiger charge is 2.33. The van der Waals surface area contributed by atoms with Crippen molar-refractivity contribution in [2.24, 2.45) is 5.73 Å². The third-order valence-electron chi connectivity index (χ3n) is 3.38. The molecule has 2 rings (SSSR count). The molecule has 2 N–H and O–H groups in total. The van der Waals surface area contributed by atoms with Crippen molar-refractivity contribution in [1.82, 2.24) is 9.88 Å². The van der Waals surface area contributed by atoms with E-state index in [0.717, 1.165) is 24.4 Å². The number of carbonyl (C=O) groups excluding carboxylic acids is 1. The Morgan fingerprint density at radius 2 is 2.50 bits per heavy atom. The van der Waals surface area contributed by atoms with Gasteiger partial charge in [-0.15, -0.1) is 11.3 Å². The van der Waals surface area contributed by atoms with Crippen LogP contribution in [0.15, 0.2) is 5.38 Å². The Morgan fingerprint density at radius 1 is 1.72 bits per heavy atom. The summed E-state index contributed by atoms with van der Waals surface area (Å²) in [6, 6.07) is 0. The van der Waals surface area contributed by atoms with E-state index in [-0.39, 0.29) is 11.5 Å². The molecule has 0 bridgehead atoms. The zero-order chi connectivity index (χ0) is 13.2. The first kappa shape index (κ1) is 13.5. The maximum Gasteiger partial charge on any atom is 0.273 e. The molecule has 1 saturated heterocycles. The fourth-order valence-electron chi connectivity index (χ4n) is 2.21. The largest absolute Gasteiger partial charge is 0.377 e. The van der Waals surface area contributed by atoms with Gasteiger partial charge in [0.1, 0.15) is 10.7 Å². The molecule has 0 aliphatic carbocycles. The molecule has 1 aliphatic rings. The van der Waals surface area contributed by atoms with E-state index in [2.05, 4.69) is 4.98 Å². The quantitative estimate of drug-likeness (QED) is 0.896. The number of piperidine rings is 1. The van der Waals surface area contributed by atoms with Gasteiger partial charge in [-0.25, -0.2) is 4.98 Å². The molecule has 1 aromatic rings. The minimum Gasteiger partial charge on any atom is -0.377 e. The predicted octanol–water partition coefficient (Wildman–Crippen LogP) is 1.24. The van der Waals surface area contributed by atoms with Crippen LogP contribution in [0.25, 0.3) is 0 Å². The Balaban J connectivity index is 2.09. The van der Waals surface area contributed by atoms with Crippen molar-refractivity contribution in [2.75, 3.05) is 20.2 Å². The Kier molecular flexibility index (Phi) is 3.99. The van der Waals surface area contributed by atoms with Gasteiger partial charge in [0.05, 0.1) is 5.60 Å². The fourth-order valence-corrected chi connectivity index (χ4v) is 2.86. The van der Waals surface area contributed by atoms with Crippen LogP contribution in [0.4, 0.5) is 0 Å². The van der Waals surface area contributed by atoms with Crippen molar-refractivity contribution in [2.45, 2.75) is 31.9 Å². The molecule has 0 saturated carbocycles. The SMILES string of the molecule is COC1(C)CCCN(C(=O)c2csc(CN)n2)C1. The number of hydrogen-bond donors (Lipinski definition) is 1. The molecule has 1 unspecified atom stereocenters. The average molecular weight is 269 g/mol. The van der Waals surface area contributed by atoms with E-state index in [9.17, 15) is 4.79 Å². The molecule has 6 heteroatoms. The van der Waals surface area contributed by atoms with E-state index in [4.69, 9.17) is 10.5 Å². The molecule has 100 valence electrons. The monoisotopic (exact) mass is 269 g/mol. The first-order valence-corrected chi connectivity index (χ1v) is 6.95. The normalized spacial score (nSPS) is 24.3. The molecule has 1 atom stereocenters. The van der Waals surface area contributed by atoms with Gasteiger partial charge in [0.2, 0.25) is 0 Å². The third kappa shape index (κ3) is 2.71. The summed E-state index contributed by atoms with van der Waals surface area (Å²) in [5.41, 5.74) is 5.77. The number of aromatic nitrogens is 1. The minimum atomic E-state index is -0.235. The smallest absolute Gasteiger partial charge is 0.273 e. The number of nitrogens with two attached hydrogens (primary N) is 1. The van der Waals surface area contributed by atoms with Gasteiger partial charge >= 0.3 is 0 Å². The lowest BCUT2D eigenvalue weighted by atomic mass is 9.94. The van der Waals surface area contributed by atoms with Gasteiger partial charge in [-0.3, -0.25) is 4.79 Å². The summed E-state index contributed by atoms with van der Waals surface area (Å²) in [6.07, 6.45) is 1.95. The van der Waals surface area contributed by atoms with Gasteiger partial charge in [0.25, 0.3) is 5.91 Å². The van der Waals surface area contributed by atoms with E-state index in [1.54, 1.807) is 12.5 Å². The second kappa shape index (κ2) is 5.34. The van der Waals surface area contributed by atoms with Gasteiger partial charge in [-0.1, -0.05) is 0 Å². The van der Waals surface area contributed by atoms with Crippen LogP contribution < -0.4 is 5.73 Å². The number of nitrogens with zero attached hydrogens (tertiary/aromatic N) is 2. The molecule has 1 amide bonds. The standard InChI is InChI=1S/C12H19N3O2S/c1-12(17-2)4-3-5-15(8-12)11(16)9-7-18-10(6-13)14-9/h7H,3-6,8,13H2,1-2H3. The third-order valence-corrected chi connectivity index (χ3v) is 4.26. The number of likely N-dealkylation sites (tertiary alicyclic amines) is 1. The number of ether oxygens (including phenoxy) is 1. The van der Waals surface area contributed by atoms with Crippen LogP contribution in [-0.4, -0.2) is 41.6 Å². The van der Waals surface area contributed by atoms with Gasteiger partial charge in [-0.05, 0) is 19.8 Å². The lowest BCUT2D eigenvalue weighted by Crippen LogP contribution is -2.49. The Bertz CT molecular complexity index is 435. The summed E-state index contributed by atoms with van der Waals surface area (Å²) in [5, 5.41) is 2.58. The average Bonchev–Trinajstić information content (AvgIpc) is 2.86. The number of hydrogen-bond acceptors (Lipinski definition) is 5. The summed E-state index contributed by atoms with van der Waals surface area (Å²) >= 11 is 1.43. The summed E-state index contributed by atoms with van der Waals surface area (Å²) < 4.78 is 5.49. The van der Waals surface area contributed by atoms with E-state index >= 15 is 0 Å². The first-order valence-electron chi connectivity index (χ1n) is 6.07. The van der Waals surface area contributed by atoms with Crippen LogP contribution >= 0.6 is 11.3 Å². The molecule has 5 nitrogen and oxygen atoms in total. The van der Waals surface area contributed by atoms with E-state index in [1.807, 2.05) is 11.8 Å². The predicted molar refractivity (Wildman–Crippen MR) is 70.6 cm³/mol. The minimum absolute atomic E-state index is 0.0195. The molecule has 1 fully saturated rings. The van der Waals surface area contributed by atoms with Gasteiger partial charge < -0.3 is 15.4 Å². The molecule has 18 heavy (non-hydrogen) atoms. The lowest BCUT2D eigenvalue weighted by Gasteiger charge is -2.39. The van der Waals surface area contributed by atoms with Crippen LogP contribution in [0.5, 0.6) is 0 Å². The highest BCUT2D eigenvalue weighted by Crippen LogP contribution is 2.25. The van der Waals surface area contributed by atoms with Gasteiger partial charge in [0.15, 0.2) is 0 Å². The Hall–Kier alpha value is -0.980. The number of methoxy groups -OCH3 is 1. The molecule has 1 aromatic heterocycles. The Labute approximate surface area is 111 Å². The van der Waals surface area contributed by atoms with Crippen LogP contribution in [0, 0.1) is 0 Å². The maximum absolute atomic E-state index is 12.3. The molecule has 0 aromatic carbocycles. The summed E-state index contributed by atoms with van der Waals surface area (Å²) in [7, 11) is 1.70. The van der Waals surface area contributed by atoms with Crippen LogP contribution in [0.3, 0.4) is 0 Å². The second-order valence-corrected chi connectivity index (χ2v) is 5.76. The van der Waals surface area contributed by atoms with Gasteiger partial charge in [0, 0.05) is 32.1 Å². The number of amides is 1. The molecular weight excluding hydrogens is 250 g/mol. The van der Waals surface area contributed by atoms with Crippen LogP contribution in [0.2, 0.25) is 0 Å². The number of thiazole rings is 1. The molecule has 1 aliphatic heterocycles. The van der Waals surface area contributed by atoms with Crippen molar-refractivity contribution < 1.29 is 9.53 Å². The molecular formula is C12H19N3O2S. The van der Waals surface area contributed by atoms with Gasteiger partial charge in [-0.2, -0.15) is 0 Å². The Morgan fingerprint density at radius 3 is 3.11 bits per heavy atom. The first-order chi connectivity index (χ1) is 8.58. The number of carbonyl (C=O) groups is 1. The lowest BCUT2D eigenvalue weighted by molar-refractivity contribution is -0.0441. The van der Waals surface area contributed by atoms with E-state index in [0.29, 0.717) is 18.8 Å². The highest BCUT2D eigenvalue weighted by atomic mass is 32.1. The highest BCUT2D eigenvalue weighted by molar-refractivity contribution is 7.09. The van der Waals surface area contributed by atoms with Crippen LogP contribution in [-0.2, 0) is 11.3 Å². The second-order valence-electron chi connectivity index (χ2n) is 4.81. The zero-order valence-electron chi connectivity index (χ0n) is 10.8. The topological polar surface area (TPSA) is 68.5 Å². The maximum atomic E-state index is 12.3. The van der Waals surface area contributed by atoms with Crippen molar-refractivity contribution in [1.29, 1.82) is 0 Å². The zero-order valence-corrected chi connectivity index (χ0v) is 11.6. The number of rotatable bonds is 3. The van der Waals surface area contributed by atoms with E-state index in [1.165, 1.54) is 11.3 Å². The van der Waals surface area contributed by atoms with Crippen molar-refractivity contribution >= 4 is 17.2 Å². The van der Waals surface area contributed by atoms with E-state index < -0.39 is 0 Å². The van der Waals surface area contributed by atoms with Crippen molar-refractivity contribution in [3.8, 4) is 0 Å². The van der Waals surface area contributed by atoms with Crippen molar-refractivity contribution in [3.63, 3.8) is 0 Å². The summed E-state index contributed by atoms with van der Waals surface area (Å²) in [6.45, 7) is 3.82. The van der Waals surface area contributed by atoms with Crippen molar-refractivity contribution in [3.05, 3.63) is 16.1 Å². The summed E-state index contributed by atoms with van der Waals surface area (Å²) in [4.78, 5) is 18.4. The molecule has 2 heterocycles. The molecule has 0 radical (unpaired) electrons. The molecule has 0 spiro atoms.